The fourth-order valence-corrected chi connectivity index (χ4v) is 4.30. The van der Waals surface area contributed by atoms with Gasteiger partial charge in [-0.05, 0) is 25.0 Å². The zero-order valence-electron chi connectivity index (χ0n) is 16.3. The summed E-state index contributed by atoms with van der Waals surface area (Å²) in [6.45, 7) is 0. The van der Waals surface area contributed by atoms with Gasteiger partial charge in [-0.3, -0.25) is 9.38 Å². The maximum Gasteiger partial charge on any atom is 0.116 e. The number of nitrogens with zero attached hydrogens (tertiary/aromatic N) is 4. The third kappa shape index (κ3) is 2.78. The van der Waals surface area contributed by atoms with Gasteiger partial charge in [0.1, 0.15) is 5.82 Å². The van der Waals surface area contributed by atoms with Crippen LogP contribution in [0.25, 0.3) is 38.9 Å². The summed E-state index contributed by atoms with van der Waals surface area (Å²) in [6, 6.07) is 20.7. The van der Waals surface area contributed by atoms with E-state index in [2.05, 4.69) is 56.8 Å². The van der Waals surface area contributed by atoms with Gasteiger partial charge in [-0.1, -0.05) is 48.5 Å². The molecular weight excluding hydrogens is 372 g/mol. The molecule has 0 spiro atoms. The van der Waals surface area contributed by atoms with Crippen LogP contribution in [0.4, 0.5) is 0 Å². The molecule has 1 aliphatic rings. The largest absolute Gasteiger partial charge is 0.393 e. The Morgan fingerprint density at radius 1 is 0.900 bits per heavy atom. The van der Waals surface area contributed by atoms with Gasteiger partial charge in [0.15, 0.2) is 0 Å². The van der Waals surface area contributed by atoms with Crippen molar-refractivity contribution in [2.24, 2.45) is 0 Å². The summed E-state index contributed by atoms with van der Waals surface area (Å²) < 4.78 is 2.11. The number of benzene rings is 2. The highest BCUT2D eigenvalue weighted by Crippen LogP contribution is 2.37. The van der Waals surface area contributed by atoms with E-state index in [1.807, 2.05) is 36.8 Å². The summed E-state index contributed by atoms with van der Waals surface area (Å²) in [5, 5.41) is 10.8. The SMILES string of the molecule is OC1CC(c2ncc3c(-c4ccc5ccc(-c6ccccc6)nc5c4)nccn23)C1. The summed E-state index contributed by atoms with van der Waals surface area (Å²) in [7, 11) is 0. The first kappa shape index (κ1) is 17.3. The van der Waals surface area contributed by atoms with E-state index in [1.54, 1.807) is 0 Å². The fraction of sp³-hybridized carbons (Fsp3) is 0.160. The number of imidazole rings is 1. The molecule has 0 unspecified atom stereocenters. The number of aliphatic hydroxyl groups excluding tert-OH is 1. The molecule has 0 amide bonds. The molecule has 1 N–H and O–H groups in total. The van der Waals surface area contributed by atoms with Crippen molar-refractivity contribution in [3.8, 4) is 22.5 Å². The van der Waals surface area contributed by atoms with Crippen molar-refractivity contribution in [3.05, 3.63) is 85.1 Å². The van der Waals surface area contributed by atoms with Crippen molar-refractivity contribution in [1.29, 1.82) is 0 Å². The van der Waals surface area contributed by atoms with Gasteiger partial charge in [-0.2, -0.15) is 0 Å². The zero-order valence-corrected chi connectivity index (χ0v) is 16.3. The standard InChI is InChI=1S/C25H20N4O/c30-20-12-19(13-20)25-27-15-23-24(26-10-11-29(23)25)18-7-6-17-8-9-21(28-22(17)14-18)16-4-2-1-3-5-16/h1-11,14-15,19-20,30H,12-13H2. The van der Waals surface area contributed by atoms with Crippen molar-refractivity contribution in [2.45, 2.75) is 24.9 Å². The Labute approximate surface area is 173 Å². The molecular formula is C25H20N4O. The number of aromatic nitrogens is 4. The lowest BCUT2D eigenvalue weighted by atomic mass is 9.82. The van der Waals surface area contributed by atoms with Crippen LogP contribution in [0, 0.1) is 0 Å². The average Bonchev–Trinajstić information content (AvgIpc) is 3.20. The Bertz CT molecular complexity index is 1370. The predicted molar refractivity (Wildman–Crippen MR) is 117 cm³/mol. The van der Waals surface area contributed by atoms with E-state index >= 15 is 0 Å². The molecule has 5 aromatic rings. The van der Waals surface area contributed by atoms with E-state index in [1.165, 1.54) is 0 Å². The number of hydrogen-bond acceptors (Lipinski definition) is 4. The lowest BCUT2D eigenvalue weighted by Crippen LogP contribution is -2.27. The lowest BCUT2D eigenvalue weighted by Gasteiger charge is -2.30. The van der Waals surface area contributed by atoms with E-state index in [-0.39, 0.29) is 6.10 Å². The Hall–Kier alpha value is -3.57. The minimum absolute atomic E-state index is 0.200. The molecule has 6 rings (SSSR count). The van der Waals surface area contributed by atoms with E-state index < -0.39 is 0 Å². The average molecular weight is 392 g/mol. The van der Waals surface area contributed by atoms with Crippen molar-refractivity contribution in [3.63, 3.8) is 0 Å². The molecule has 0 bridgehead atoms. The second kappa shape index (κ2) is 6.75. The quantitative estimate of drug-likeness (QED) is 0.477. The van der Waals surface area contributed by atoms with Crippen LogP contribution >= 0.6 is 0 Å². The topological polar surface area (TPSA) is 63.3 Å². The third-order valence-electron chi connectivity index (χ3n) is 6.00. The highest BCUT2D eigenvalue weighted by molar-refractivity contribution is 5.88. The molecule has 3 heterocycles. The van der Waals surface area contributed by atoms with Gasteiger partial charge in [0, 0.05) is 34.8 Å². The Morgan fingerprint density at radius 2 is 1.73 bits per heavy atom. The highest BCUT2D eigenvalue weighted by Gasteiger charge is 2.31. The molecule has 5 heteroatoms. The minimum atomic E-state index is -0.200. The molecule has 1 saturated carbocycles. The second-order valence-corrected chi connectivity index (χ2v) is 7.94. The van der Waals surface area contributed by atoms with Crippen LogP contribution in [0.3, 0.4) is 0 Å². The molecule has 0 aliphatic heterocycles. The molecule has 0 atom stereocenters. The summed E-state index contributed by atoms with van der Waals surface area (Å²) >= 11 is 0. The van der Waals surface area contributed by atoms with Crippen LogP contribution in [0.1, 0.15) is 24.6 Å². The van der Waals surface area contributed by atoms with Crippen LogP contribution in [0.2, 0.25) is 0 Å². The highest BCUT2D eigenvalue weighted by atomic mass is 16.3. The number of fused-ring (bicyclic) bond motifs is 2. The van der Waals surface area contributed by atoms with E-state index in [0.29, 0.717) is 5.92 Å². The van der Waals surface area contributed by atoms with Crippen molar-refractivity contribution in [1.82, 2.24) is 19.4 Å². The molecule has 0 saturated heterocycles. The maximum atomic E-state index is 9.67. The van der Waals surface area contributed by atoms with Gasteiger partial charge in [0.2, 0.25) is 0 Å². The molecule has 5 nitrogen and oxygen atoms in total. The Morgan fingerprint density at radius 3 is 2.57 bits per heavy atom. The van der Waals surface area contributed by atoms with Crippen molar-refractivity contribution < 1.29 is 5.11 Å². The zero-order chi connectivity index (χ0) is 20.1. The van der Waals surface area contributed by atoms with Crippen LogP contribution in [-0.2, 0) is 0 Å². The van der Waals surface area contributed by atoms with E-state index in [4.69, 9.17) is 4.98 Å². The molecule has 30 heavy (non-hydrogen) atoms. The molecule has 1 fully saturated rings. The maximum absolute atomic E-state index is 9.67. The molecule has 146 valence electrons. The lowest BCUT2D eigenvalue weighted by molar-refractivity contribution is 0.0715. The van der Waals surface area contributed by atoms with Gasteiger partial charge in [-0.25, -0.2) is 9.97 Å². The summed E-state index contributed by atoms with van der Waals surface area (Å²) in [4.78, 5) is 14.2. The first-order valence-corrected chi connectivity index (χ1v) is 10.2. The summed E-state index contributed by atoms with van der Waals surface area (Å²) in [5.74, 6) is 1.31. The Kier molecular flexibility index (Phi) is 3.89. The van der Waals surface area contributed by atoms with Crippen LogP contribution < -0.4 is 0 Å². The molecule has 3 aromatic heterocycles. The van der Waals surface area contributed by atoms with E-state index in [0.717, 1.165) is 57.6 Å². The smallest absolute Gasteiger partial charge is 0.116 e. The van der Waals surface area contributed by atoms with Crippen LogP contribution in [0.5, 0.6) is 0 Å². The summed E-state index contributed by atoms with van der Waals surface area (Å²) in [5.41, 5.74) is 5.90. The Balaban J connectivity index is 1.45. The minimum Gasteiger partial charge on any atom is -0.393 e. The second-order valence-electron chi connectivity index (χ2n) is 7.94. The molecule has 2 aromatic carbocycles. The van der Waals surface area contributed by atoms with Crippen molar-refractivity contribution >= 4 is 16.4 Å². The number of hydrogen-bond donors (Lipinski definition) is 1. The number of rotatable bonds is 3. The number of pyridine rings is 1. The fourth-order valence-electron chi connectivity index (χ4n) is 4.30. The molecule has 1 aliphatic carbocycles. The van der Waals surface area contributed by atoms with Crippen molar-refractivity contribution in [2.75, 3.05) is 0 Å². The van der Waals surface area contributed by atoms with E-state index in [9.17, 15) is 5.11 Å². The number of aliphatic hydroxyl groups is 1. The normalized spacial score (nSPS) is 18.6. The van der Waals surface area contributed by atoms with Gasteiger partial charge in [-0.15, -0.1) is 0 Å². The van der Waals surface area contributed by atoms with Gasteiger partial charge in [0.25, 0.3) is 0 Å². The third-order valence-corrected chi connectivity index (χ3v) is 6.00. The van der Waals surface area contributed by atoms with Crippen LogP contribution in [0.15, 0.2) is 79.3 Å². The first-order valence-electron chi connectivity index (χ1n) is 10.2. The monoisotopic (exact) mass is 392 g/mol. The first-order chi connectivity index (χ1) is 14.8. The van der Waals surface area contributed by atoms with Gasteiger partial charge < -0.3 is 5.11 Å². The molecule has 0 radical (unpaired) electrons. The van der Waals surface area contributed by atoms with Crippen LogP contribution in [-0.4, -0.2) is 30.6 Å². The predicted octanol–water partition coefficient (Wildman–Crippen LogP) is 4.85. The van der Waals surface area contributed by atoms with Gasteiger partial charge in [0.05, 0.1) is 34.7 Å². The summed E-state index contributed by atoms with van der Waals surface area (Å²) in [6.07, 6.45) is 7.02. The van der Waals surface area contributed by atoms with Gasteiger partial charge >= 0.3 is 0 Å².